The number of hydrogen-bond acceptors (Lipinski definition) is 3. The number of anilines is 1. The van der Waals surface area contributed by atoms with Crippen LogP contribution in [0.25, 0.3) is 0 Å². The van der Waals surface area contributed by atoms with Crippen molar-refractivity contribution in [3.63, 3.8) is 0 Å². The van der Waals surface area contributed by atoms with Crippen LogP contribution < -0.4 is 16.2 Å². The zero-order valence-electron chi connectivity index (χ0n) is 12.2. The molecule has 2 aromatic rings. The van der Waals surface area contributed by atoms with Crippen LogP contribution in [-0.4, -0.2) is 11.0 Å². The summed E-state index contributed by atoms with van der Waals surface area (Å²) in [5.74, 6) is 0. The van der Waals surface area contributed by atoms with Gasteiger partial charge in [-0.25, -0.2) is 4.79 Å². The van der Waals surface area contributed by atoms with E-state index in [1.165, 1.54) is 11.3 Å². The molecule has 0 aromatic carbocycles. The Labute approximate surface area is 133 Å². The molecule has 9 heteroatoms. The number of aromatic amines is 1. The van der Waals surface area contributed by atoms with Crippen LogP contribution in [0.5, 0.6) is 0 Å². The van der Waals surface area contributed by atoms with Gasteiger partial charge in [-0.15, -0.1) is 11.3 Å². The van der Waals surface area contributed by atoms with Crippen LogP contribution in [0.3, 0.4) is 0 Å². The maximum absolute atomic E-state index is 12.6. The van der Waals surface area contributed by atoms with Crippen molar-refractivity contribution in [3.05, 3.63) is 50.1 Å². The fourth-order valence-corrected chi connectivity index (χ4v) is 2.73. The fraction of sp³-hybridized carbons (Fsp3) is 0.286. The molecule has 0 radical (unpaired) electrons. The number of rotatable bonds is 3. The minimum atomic E-state index is -4.61. The second-order valence-electron chi connectivity index (χ2n) is 4.90. The second kappa shape index (κ2) is 6.45. The van der Waals surface area contributed by atoms with E-state index in [4.69, 9.17) is 0 Å². The number of amides is 2. The van der Waals surface area contributed by atoms with Gasteiger partial charge in [0.2, 0.25) is 0 Å². The summed E-state index contributed by atoms with van der Waals surface area (Å²) < 4.78 is 37.9. The molecule has 0 aliphatic carbocycles. The number of thiophene rings is 1. The van der Waals surface area contributed by atoms with Crippen molar-refractivity contribution >= 4 is 23.1 Å². The van der Waals surface area contributed by atoms with Gasteiger partial charge in [0.1, 0.15) is 5.69 Å². The average Bonchev–Trinajstić information content (AvgIpc) is 2.86. The summed E-state index contributed by atoms with van der Waals surface area (Å²) in [4.78, 5) is 27.3. The lowest BCUT2D eigenvalue weighted by molar-refractivity contribution is -0.137. The van der Waals surface area contributed by atoms with Crippen molar-refractivity contribution in [1.82, 2.24) is 10.3 Å². The lowest BCUT2D eigenvalue weighted by Gasteiger charge is -2.13. The van der Waals surface area contributed by atoms with Crippen molar-refractivity contribution in [1.29, 1.82) is 0 Å². The molecule has 5 nitrogen and oxygen atoms in total. The SMILES string of the molecule is Cc1ccc([C@H](C)NC(=O)Nc2cc(C(F)(F)F)c[nH]c2=O)s1. The first-order valence-corrected chi connectivity index (χ1v) is 7.42. The number of pyridine rings is 1. The normalized spacial score (nSPS) is 12.7. The van der Waals surface area contributed by atoms with Gasteiger partial charge >= 0.3 is 12.2 Å². The van der Waals surface area contributed by atoms with E-state index in [1.807, 2.05) is 24.0 Å². The van der Waals surface area contributed by atoms with Gasteiger partial charge in [0.15, 0.2) is 0 Å². The Bertz CT molecular complexity index is 767. The second-order valence-corrected chi connectivity index (χ2v) is 6.22. The van der Waals surface area contributed by atoms with Crippen LogP contribution in [0.2, 0.25) is 0 Å². The van der Waals surface area contributed by atoms with Crippen LogP contribution in [0.1, 0.15) is 28.3 Å². The molecular weight excluding hydrogens is 331 g/mol. The zero-order chi connectivity index (χ0) is 17.2. The molecule has 0 fully saturated rings. The lowest BCUT2D eigenvalue weighted by Crippen LogP contribution is -2.33. The number of hydrogen-bond donors (Lipinski definition) is 3. The highest BCUT2D eigenvalue weighted by Gasteiger charge is 2.31. The number of halogens is 3. The molecule has 23 heavy (non-hydrogen) atoms. The Hall–Kier alpha value is -2.29. The largest absolute Gasteiger partial charge is 0.417 e. The van der Waals surface area contributed by atoms with Crippen LogP contribution in [0.15, 0.2) is 29.2 Å². The van der Waals surface area contributed by atoms with Gasteiger partial charge in [0.25, 0.3) is 5.56 Å². The number of aromatic nitrogens is 1. The number of urea groups is 1. The predicted octanol–water partition coefficient (Wildman–Crippen LogP) is 3.65. The average molecular weight is 345 g/mol. The first-order valence-electron chi connectivity index (χ1n) is 6.60. The summed E-state index contributed by atoms with van der Waals surface area (Å²) in [7, 11) is 0. The molecule has 3 N–H and O–H groups in total. The minimum Gasteiger partial charge on any atom is -0.331 e. The van der Waals surface area contributed by atoms with Gasteiger partial charge in [-0.05, 0) is 32.0 Å². The number of carbonyl (C=O) groups is 1. The Kier molecular flexibility index (Phi) is 4.79. The molecular formula is C14H14F3N3O2S. The van der Waals surface area contributed by atoms with E-state index in [0.717, 1.165) is 9.75 Å². The fourth-order valence-electron chi connectivity index (χ4n) is 1.85. The summed E-state index contributed by atoms with van der Waals surface area (Å²) in [6.07, 6.45) is -4.05. The third-order valence-electron chi connectivity index (χ3n) is 3.01. The molecule has 0 aliphatic rings. The number of nitrogens with one attached hydrogen (secondary N) is 3. The Morgan fingerprint density at radius 1 is 1.35 bits per heavy atom. The highest BCUT2D eigenvalue weighted by molar-refractivity contribution is 7.12. The van der Waals surface area contributed by atoms with E-state index >= 15 is 0 Å². The molecule has 0 bridgehead atoms. The van der Waals surface area contributed by atoms with E-state index in [1.54, 1.807) is 6.92 Å². The lowest BCUT2D eigenvalue weighted by atomic mass is 10.2. The van der Waals surface area contributed by atoms with Gasteiger partial charge in [-0.1, -0.05) is 0 Å². The van der Waals surface area contributed by atoms with Crippen molar-refractivity contribution in [2.75, 3.05) is 5.32 Å². The van der Waals surface area contributed by atoms with E-state index in [-0.39, 0.29) is 6.04 Å². The number of carbonyl (C=O) groups excluding carboxylic acids is 1. The Morgan fingerprint density at radius 3 is 2.61 bits per heavy atom. The van der Waals surface area contributed by atoms with Crippen LogP contribution in [0.4, 0.5) is 23.7 Å². The molecule has 2 heterocycles. The quantitative estimate of drug-likeness (QED) is 0.794. The highest BCUT2D eigenvalue weighted by Crippen LogP contribution is 2.29. The zero-order valence-corrected chi connectivity index (χ0v) is 13.1. The monoisotopic (exact) mass is 345 g/mol. The van der Waals surface area contributed by atoms with Crippen LogP contribution >= 0.6 is 11.3 Å². The molecule has 1 atom stereocenters. The van der Waals surface area contributed by atoms with Gasteiger partial charge in [0.05, 0.1) is 11.6 Å². The maximum atomic E-state index is 12.6. The molecule has 0 spiro atoms. The smallest absolute Gasteiger partial charge is 0.331 e. The molecule has 2 rings (SSSR count). The molecule has 2 aromatic heterocycles. The summed E-state index contributed by atoms with van der Waals surface area (Å²) in [6.45, 7) is 3.66. The van der Waals surface area contributed by atoms with Crippen molar-refractivity contribution in [2.45, 2.75) is 26.1 Å². The van der Waals surface area contributed by atoms with Crippen molar-refractivity contribution in [2.24, 2.45) is 0 Å². The molecule has 2 amide bonds. The van der Waals surface area contributed by atoms with Crippen LogP contribution in [0, 0.1) is 6.92 Å². The van der Waals surface area contributed by atoms with E-state index in [0.29, 0.717) is 12.3 Å². The molecule has 0 unspecified atom stereocenters. The third-order valence-corrected chi connectivity index (χ3v) is 4.20. The van der Waals surface area contributed by atoms with Gasteiger partial charge in [-0.2, -0.15) is 13.2 Å². The van der Waals surface area contributed by atoms with Gasteiger partial charge < -0.3 is 15.6 Å². The summed E-state index contributed by atoms with van der Waals surface area (Å²) in [5.41, 5.74) is -2.33. The van der Waals surface area contributed by atoms with E-state index in [2.05, 4.69) is 10.6 Å². The van der Waals surface area contributed by atoms with Crippen LogP contribution in [-0.2, 0) is 6.18 Å². The summed E-state index contributed by atoms with van der Waals surface area (Å²) >= 11 is 1.49. The van der Waals surface area contributed by atoms with Crippen molar-refractivity contribution in [3.8, 4) is 0 Å². The van der Waals surface area contributed by atoms with Gasteiger partial charge in [0, 0.05) is 16.0 Å². The third kappa shape index (κ3) is 4.35. The van der Waals surface area contributed by atoms with E-state index in [9.17, 15) is 22.8 Å². The minimum absolute atomic E-state index is 0.335. The van der Waals surface area contributed by atoms with E-state index < -0.39 is 29.0 Å². The standard InChI is InChI=1S/C14H14F3N3O2S/c1-7-3-4-11(23-7)8(2)19-13(22)20-10-5-9(14(15,16)17)6-18-12(10)21/h3-6,8H,1-2H3,(H,18,21)(H2,19,20,22)/t8-/m0/s1. The molecule has 0 saturated heterocycles. The molecule has 0 aliphatic heterocycles. The maximum Gasteiger partial charge on any atom is 0.417 e. The molecule has 0 saturated carbocycles. The van der Waals surface area contributed by atoms with Gasteiger partial charge in [-0.3, -0.25) is 4.79 Å². The molecule has 124 valence electrons. The number of alkyl halides is 3. The highest BCUT2D eigenvalue weighted by atomic mass is 32.1. The summed E-state index contributed by atoms with van der Waals surface area (Å²) in [5, 5.41) is 4.71. The predicted molar refractivity (Wildman–Crippen MR) is 81.7 cm³/mol. The van der Waals surface area contributed by atoms with Crippen molar-refractivity contribution < 1.29 is 18.0 Å². The number of H-pyrrole nitrogens is 1. The number of aryl methyl sites for hydroxylation is 1. The first-order chi connectivity index (χ1) is 10.7. The summed E-state index contributed by atoms with van der Waals surface area (Å²) in [6, 6.07) is 3.25. The first kappa shape index (κ1) is 17.1. The Morgan fingerprint density at radius 2 is 2.04 bits per heavy atom. The topological polar surface area (TPSA) is 74.0 Å². The Balaban J connectivity index is 2.09.